The Kier molecular flexibility index (Phi) is 10.6. The molecule has 0 radical (unpaired) electrons. The Hall–Kier alpha value is -3.91. The molecule has 256 valence electrons. The fourth-order valence-electron chi connectivity index (χ4n) is 6.13. The third-order valence-corrected chi connectivity index (χ3v) is 10.1. The maximum Gasteiger partial charge on any atom is 0.343 e. The summed E-state index contributed by atoms with van der Waals surface area (Å²) in [5.74, 6) is 0.227. The molecule has 0 unspecified atom stereocenters. The van der Waals surface area contributed by atoms with E-state index >= 15 is 0 Å². The second-order valence-electron chi connectivity index (χ2n) is 11.2. The minimum atomic E-state index is -0.586. The number of aromatic nitrogens is 1. The Morgan fingerprint density at radius 2 is 1.28 bits per heavy atom. The van der Waals surface area contributed by atoms with Crippen molar-refractivity contribution < 1.29 is 38.1 Å². The van der Waals surface area contributed by atoms with Gasteiger partial charge >= 0.3 is 11.9 Å². The van der Waals surface area contributed by atoms with E-state index in [2.05, 4.69) is 63.7 Å². The van der Waals surface area contributed by atoms with Gasteiger partial charge in [-0.25, -0.2) is 9.59 Å². The van der Waals surface area contributed by atoms with Gasteiger partial charge < -0.3 is 28.3 Å². The van der Waals surface area contributed by atoms with Gasteiger partial charge in [-0.1, -0.05) is 69.8 Å². The van der Waals surface area contributed by atoms with E-state index in [4.69, 9.17) is 23.7 Å². The van der Waals surface area contributed by atoms with Gasteiger partial charge in [0.1, 0.15) is 0 Å². The van der Waals surface area contributed by atoms with Crippen LogP contribution in [0.1, 0.15) is 42.3 Å². The summed E-state index contributed by atoms with van der Waals surface area (Å²) in [6.45, 7) is 2.30. The van der Waals surface area contributed by atoms with Crippen molar-refractivity contribution in [2.24, 2.45) is 0 Å². The van der Waals surface area contributed by atoms with Gasteiger partial charge in [0.05, 0.1) is 43.8 Å². The third kappa shape index (κ3) is 6.75. The molecule has 9 nitrogen and oxygen atoms in total. The molecule has 1 aliphatic heterocycles. The molecule has 0 saturated heterocycles. The van der Waals surface area contributed by atoms with E-state index in [0.29, 0.717) is 66.9 Å². The SMILES string of the molecule is COc1cc(-c2c(C)c(C=O)n3c2-c2cc(OC)c(OC)c(OC(=O)c4cc(Br)cc(Br)c4)c2CC3)ccc1OC(=O)c1cc(Br)cc(Br)c1. The molecule has 5 aromatic rings. The standard InChI is InChI=1S/C37H27Br4NO8/c1-18-28(17-43)42-8-7-26-27(16-31(47-3)35(48-4)34(26)50-37(45)21-11-24(40)15-25(41)12-21)33(42)32(18)19-5-6-29(30(13-19)46-2)49-36(44)20-9-22(38)14-23(39)10-20/h5-6,9-17H,7-8H2,1-4H3. The van der Waals surface area contributed by atoms with E-state index in [1.165, 1.54) is 21.3 Å². The van der Waals surface area contributed by atoms with Crippen LogP contribution in [0.4, 0.5) is 0 Å². The molecule has 0 amide bonds. The number of esters is 2. The maximum absolute atomic E-state index is 13.5. The van der Waals surface area contributed by atoms with Crippen molar-refractivity contribution in [3.05, 3.63) is 107 Å². The number of rotatable bonds is 9. The zero-order valence-electron chi connectivity index (χ0n) is 27.0. The van der Waals surface area contributed by atoms with Crippen molar-refractivity contribution in [3.63, 3.8) is 0 Å². The summed E-state index contributed by atoms with van der Waals surface area (Å²) >= 11 is 13.7. The number of methoxy groups -OCH3 is 3. The Balaban J connectivity index is 1.48. The first-order chi connectivity index (χ1) is 24.0. The molecule has 0 atom stereocenters. The van der Waals surface area contributed by atoms with Crippen molar-refractivity contribution in [1.29, 1.82) is 0 Å². The van der Waals surface area contributed by atoms with Gasteiger partial charge in [0.2, 0.25) is 5.75 Å². The summed E-state index contributed by atoms with van der Waals surface area (Å²) < 4.78 is 33.8. The van der Waals surface area contributed by atoms with Crippen molar-refractivity contribution in [2.75, 3.05) is 21.3 Å². The highest BCUT2D eigenvalue weighted by Crippen LogP contribution is 2.51. The Morgan fingerprint density at radius 1 is 0.700 bits per heavy atom. The van der Waals surface area contributed by atoms with Gasteiger partial charge in [0.15, 0.2) is 29.3 Å². The highest BCUT2D eigenvalue weighted by atomic mass is 79.9. The molecule has 1 aliphatic rings. The number of fused-ring (bicyclic) bond motifs is 3. The van der Waals surface area contributed by atoms with Crippen molar-refractivity contribution in [1.82, 2.24) is 4.57 Å². The molecule has 0 N–H and O–H groups in total. The zero-order chi connectivity index (χ0) is 35.9. The van der Waals surface area contributed by atoms with E-state index in [-0.39, 0.29) is 17.2 Å². The lowest BCUT2D eigenvalue weighted by Crippen LogP contribution is -2.17. The quantitative estimate of drug-likeness (QED) is 0.0819. The van der Waals surface area contributed by atoms with Crippen LogP contribution in [0.15, 0.2) is 78.6 Å². The number of benzene rings is 4. The second-order valence-corrected chi connectivity index (χ2v) is 14.8. The largest absolute Gasteiger partial charge is 0.493 e. The van der Waals surface area contributed by atoms with Gasteiger partial charge in [-0.3, -0.25) is 4.79 Å². The molecule has 0 spiro atoms. The lowest BCUT2D eigenvalue weighted by atomic mass is 9.91. The fraction of sp³-hybridized carbons (Fsp3) is 0.162. The molecule has 1 aromatic heterocycles. The van der Waals surface area contributed by atoms with E-state index in [9.17, 15) is 14.4 Å². The number of aldehydes is 1. The Labute approximate surface area is 321 Å². The molecule has 50 heavy (non-hydrogen) atoms. The van der Waals surface area contributed by atoms with Gasteiger partial charge in [-0.15, -0.1) is 0 Å². The van der Waals surface area contributed by atoms with Crippen LogP contribution in [0, 0.1) is 6.92 Å². The molecule has 0 saturated carbocycles. The minimum absolute atomic E-state index is 0.221. The number of carbonyl (C=O) groups excluding carboxylic acids is 3. The maximum atomic E-state index is 13.5. The van der Waals surface area contributed by atoms with Gasteiger partial charge in [-0.05, 0) is 79.1 Å². The van der Waals surface area contributed by atoms with Crippen LogP contribution >= 0.6 is 63.7 Å². The van der Waals surface area contributed by atoms with Gasteiger partial charge in [0.25, 0.3) is 0 Å². The summed E-state index contributed by atoms with van der Waals surface area (Å²) in [6.07, 6.45) is 1.27. The monoisotopic (exact) mass is 929 g/mol. The first-order valence-electron chi connectivity index (χ1n) is 15.0. The third-order valence-electron chi connectivity index (χ3n) is 8.28. The summed E-state index contributed by atoms with van der Waals surface area (Å²) in [4.78, 5) is 39.2. The van der Waals surface area contributed by atoms with E-state index in [1.807, 2.05) is 29.7 Å². The fourth-order valence-corrected chi connectivity index (χ4v) is 8.72. The van der Waals surface area contributed by atoms with Crippen LogP contribution in [0.5, 0.6) is 28.7 Å². The van der Waals surface area contributed by atoms with Crippen molar-refractivity contribution in [2.45, 2.75) is 19.9 Å². The zero-order valence-corrected chi connectivity index (χ0v) is 33.3. The normalized spacial score (nSPS) is 11.7. The number of nitrogens with zero attached hydrogens (tertiary/aromatic N) is 1. The highest BCUT2D eigenvalue weighted by molar-refractivity contribution is 9.11. The van der Waals surface area contributed by atoms with Crippen LogP contribution in [0.3, 0.4) is 0 Å². The van der Waals surface area contributed by atoms with E-state index < -0.39 is 11.9 Å². The predicted molar refractivity (Wildman–Crippen MR) is 202 cm³/mol. The number of carbonyl (C=O) groups is 3. The van der Waals surface area contributed by atoms with Gasteiger partial charge in [0, 0.05) is 41.1 Å². The molecule has 0 fully saturated rings. The molecular formula is C37H27Br4NO8. The number of hydrogen-bond donors (Lipinski definition) is 0. The second kappa shape index (κ2) is 14.7. The molecular weight excluding hydrogens is 906 g/mol. The summed E-state index contributed by atoms with van der Waals surface area (Å²) in [5.41, 5.74) is 5.50. The average Bonchev–Trinajstić information content (AvgIpc) is 3.38. The minimum Gasteiger partial charge on any atom is -0.493 e. The molecule has 4 aromatic carbocycles. The summed E-state index contributed by atoms with van der Waals surface area (Å²) in [5, 5.41) is 0. The van der Waals surface area contributed by atoms with E-state index in [1.54, 1.807) is 42.5 Å². The molecule has 2 heterocycles. The van der Waals surface area contributed by atoms with Crippen LogP contribution in [0.2, 0.25) is 0 Å². The van der Waals surface area contributed by atoms with Gasteiger partial charge in [-0.2, -0.15) is 0 Å². The van der Waals surface area contributed by atoms with Crippen molar-refractivity contribution >= 4 is 81.9 Å². The molecule has 0 bridgehead atoms. The molecule has 0 aliphatic carbocycles. The number of ether oxygens (including phenoxy) is 5. The summed E-state index contributed by atoms with van der Waals surface area (Å²) in [6, 6.07) is 17.4. The van der Waals surface area contributed by atoms with E-state index in [0.717, 1.165) is 32.1 Å². The first-order valence-corrected chi connectivity index (χ1v) is 18.2. The van der Waals surface area contributed by atoms with Crippen LogP contribution in [-0.4, -0.2) is 44.1 Å². The lowest BCUT2D eigenvalue weighted by molar-refractivity contribution is 0.0719. The predicted octanol–water partition coefficient (Wildman–Crippen LogP) is 10.0. The van der Waals surface area contributed by atoms with Crippen LogP contribution in [-0.2, 0) is 13.0 Å². The van der Waals surface area contributed by atoms with Crippen LogP contribution < -0.4 is 23.7 Å². The number of halogens is 4. The van der Waals surface area contributed by atoms with Crippen LogP contribution in [0.25, 0.3) is 22.4 Å². The molecule has 13 heteroatoms. The molecule has 6 rings (SSSR count). The lowest BCUT2D eigenvalue weighted by Gasteiger charge is -2.26. The number of hydrogen-bond acceptors (Lipinski definition) is 8. The Bertz CT molecular complexity index is 2170. The first kappa shape index (κ1) is 35.9. The Morgan fingerprint density at radius 3 is 1.82 bits per heavy atom. The van der Waals surface area contributed by atoms with Crippen molar-refractivity contribution in [3.8, 4) is 51.1 Å². The topological polar surface area (TPSA) is 102 Å². The highest BCUT2D eigenvalue weighted by Gasteiger charge is 2.33. The average molecular weight is 933 g/mol. The smallest absolute Gasteiger partial charge is 0.343 e. The summed E-state index contributed by atoms with van der Waals surface area (Å²) in [7, 11) is 4.48.